The Morgan fingerprint density at radius 3 is 2.22 bits per heavy atom. The lowest BCUT2D eigenvalue weighted by atomic mass is 9.84. The molecule has 32 heavy (non-hydrogen) atoms. The second-order valence-corrected chi connectivity index (χ2v) is 7.62. The first kappa shape index (κ1) is 20.8. The zero-order valence-corrected chi connectivity index (χ0v) is 17.2. The Morgan fingerprint density at radius 2 is 1.69 bits per heavy atom. The van der Waals surface area contributed by atoms with Gasteiger partial charge in [0.15, 0.2) is 5.78 Å². The van der Waals surface area contributed by atoms with E-state index in [-0.39, 0.29) is 34.1 Å². The van der Waals surface area contributed by atoms with Crippen molar-refractivity contribution in [2.75, 3.05) is 5.32 Å². The molecular weight excluding hydrogens is 414 g/mol. The number of nitro groups is 1. The van der Waals surface area contributed by atoms with E-state index >= 15 is 0 Å². The van der Waals surface area contributed by atoms with Crippen LogP contribution in [0.2, 0.25) is 0 Å². The summed E-state index contributed by atoms with van der Waals surface area (Å²) in [6.45, 7) is 3.26. The smallest absolute Gasteiger partial charge is 0.271 e. The van der Waals surface area contributed by atoms with Crippen molar-refractivity contribution in [2.24, 2.45) is 11.5 Å². The van der Waals surface area contributed by atoms with Gasteiger partial charge in [-0.2, -0.15) is 0 Å². The lowest BCUT2D eigenvalue weighted by molar-refractivity contribution is -0.384. The summed E-state index contributed by atoms with van der Waals surface area (Å²) in [5, 5.41) is 14.2. The van der Waals surface area contributed by atoms with Crippen LogP contribution in [-0.4, -0.2) is 27.1 Å². The number of carbonyl (C=O) groups is 3. The van der Waals surface area contributed by atoms with E-state index in [0.29, 0.717) is 11.1 Å². The fraction of sp³-hybridized carbons (Fsp3) is 0.136. The zero-order valence-electron chi connectivity index (χ0n) is 17.2. The molecule has 2 amide bonds. The molecule has 0 bridgehead atoms. The minimum atomic E-state index is -2.20. The van der Waals surface area contributed by atoms with Crippen LogP contribution in [0.4, 0.5) is 11.5 Å². The maximum Gasteiger partial charge on any atom is 0.271 e. The fourth-order valence-corrected chi connectivity index (χ4v) is 4.03. The van der Waals surface area contributed by atoms with Crippen LogP contribution in [0.15, 0.2) is 48.7 Å². The van der Waals surface area contributed by atoms with Crippen molar-refractivity contribution in [3.63, 3.8) is 0 Å². The molecule has 3 aromatic rings. The monoisotopic (exact) mass is 433 g/mol. The molecular formula is C22H19N5O5. The van der Waals surface area contributed by atoms with Gasteiger partial charge >= 0.3 is 0 Å². The number of hydrogen-bond acceptors (Lipinski definition) is 6. The highest BCUT2D eigenvalue weighted by atomic mass is 16.6. The first-order chi connectivity index (χ1) is 15.1. The minimum absolute atomic E-state index is 0.0520. The van der Waals surface area contributed by atoms with Crippen LogP contribution in [0.25, 0.3) is 16.8 Å². The van der Waals surface area contributed by atoms with Crippen molar-refractivity contribution in [1.82, 2.24) is 4.57 Å². The molecule has 1 aliphatic rings. The summed E-state index contributed by atoms with van der Waals surface area (Å²) >= 11 is 0. The average molecular weight is 433 g/mol. The van der Waals surface area contributed by atoms with Gasteiger partial charge in [-0.05, 0) is 25.5 Å². The molecule has 1 aliphatic heterocycles. The van der Waals surface area contributed by atoms with Crippen molar-refractivity contribution in [3.8, 4) is 16.8 Å². The Morgan fingerprint density at radius 1 is 1.06 bits per heavy atom. The van der Waals surface area contributed by atoms with Crippen molar-refractivity contribution in [2.45, 2.75) is 19.4 Å². The number of nitro benzene ring substituents is 1. The number of anilines is 1. The molecule has 1 aromatic heterocycles. The summed E-state index contributed by atoms with van der Waals surface area (Å²) in [6, 6.07) is 11.0. The Balaban J connectivity index is 2.12. The molecule has 0 radical (unpaired) electrons. The van der Waals surface area contributed by atoms with E-state index in [0.717, 1.165) is 11.6 Å². The van der Waals surface area contributed by atoms with Crippen LogP contribution < -0.4 is 16.8 Å². The number of benzene rings is 2. The Bertz CT molecular complexity index is 1310. The van der Waals surface area contributed by atoms with Crippen LogP contribution in [0.5, 0.6) is 0 Å². The SMILES string of the molecule is CC(=O)c1c(-c2ccc(C)cc2)cn2c1NC(C(N)=O)(C(N)=O)c1ccc([N+](=O)[O-])cc1-2. The fourth-order valence-electron chi connectivity index (χ4n) is 4.03. The third-order valence-corrected chi connectivity index (χ3v) is 5.62. The molecule has 0 saturated heterocycles. The Hall–Kier alpha value is -4.47. The summed E-state index contributed by atoms with van der Waals surface area (Å²) in [5.74, 6) is -2.45. The number of carbonyl (C=O) groups excluding carboxylic acids is 3. The molecule has 10 nitrogen and oxygen atoms in total. The predicted octanol–water partition coefficient (Wildman–Crippen LogP) is 2.15. The van der Waals surface area contributed by atoms with Gasteiger partial charge < -0.3 is 21.4 Å². The first-order valence-electron chi connectivity index (χ1n) is 9.58. The maximum absolute atomic E-state index is 12.7. The topological polar surface area (TPSA) is 163 Å². The van der Waals surface area contributed by atoms with E-state index in [9.17, 15) is 24.5 Å². The normalized spacial score (nSPS) is 13.4. The second-order valence-electron chi connectivity index (χ2n) is 7.62. The number of nitrogens with two attached hydrogens (primary N) is 2. The number of ketones is 1. The van der Waals surface area contributed by atoms with Gasteiger partial charge in [-0.3, -0.25) is 24.5 Å². The van der Waals surface area contributed by atoms with Crippen LogP contribution in [0, 0.1) is 17.0 Å². The van der Waals surface area contributed by atoms with E-state index in [1.165, 1.54) is 23.6 Å². The van der Waals surface area contributed by atoms with Crippen LogP contribution >= 0.6 is 0 Å². The van der Waals surface area contributed by atoms with E-state index in [4.69, 9.17) is 11.5 Å². The van der Waals surface area contributed by atoms with Crippen molar-refractivity contribution in [3.05, 3.63) is 75.5 Å². The third kappa shape index (κ3) is 2.84. The van der Waals surface area contributed by atoms with Crippen molar-refractivity contribution < 1.29 is 19.3 Å². The number of primary amides is 2. The molecule has 0 atom stereocenters. The standard InChI is InChI=1S/C22H19N5O5/c1-11-3-5-13(6-4-11)15-10-26-17-9-14(27(31)32)7-8-16(17)22(20(23)29,21(24)30)25-19(26)18(15)12(2)28/h3-10,25H,1-2H3,(H2,23,29)(H2,24,30). The molecule has 162 valence electrons. The zero-order chi connectivity index (χ0) is 23.4. The third-order valence-electron chi connectivity index (χ3n) is 5.62. The number of rotatable bonds is 5. The number of Topliss-reactive ketones (excluding diaryl/α,β-unsaturated/α-hetero) is 1. The highest BCUT2D eigenvalue weighted by molar-refractivity contribution is 6.15. The lowest BCUT2D eigenvalue weighted by Gasteiger charge is -2.36. The number of amides is 2. The second kappa shape index (κ2) is 7.05. The Labute approximate surface area is 182 Å². The van der Waals surface area contributed by atoms with Crippen molar-refractivity contribution in [1.29, 1.82) is 0 Å². The number of nitrogens with zero attached hydrogens (tertiary/aromatic N) is 2. The number of non-ortho nitro benzene ring substituents is 1. The predicted molar refractivity (Wildman–Crippen MR) is 116 cm³/mol. The van der Waals surface area contributed by atoms with Gasteiger partial charge in [0.2, 0.25) is 5.54 Å². The number of aromatic nitrogens is 1. The number of aryl methyl sites for hydroxylation is 1. The highest BCUT2D eigenvalue weighted by Gasteiger charge is 2.51. The molecule has 2 aromatic carbocycles. The van der Waals surface area contributed by atoms with Crippen molar-refractivity contribution >= 4 is 29.1 Å². The summed E-state index contributed by atoms with van der Waals surface area (Å²) in [6.07, 6.45) is 1.62. The quantitative estimate of drug-likeness (QED) is 0.241. The van der Waals surface area contributed by atoms with Gasteiger partial charge in [0, 0.05) is 29.5 Å². The number of fused-ring (bicyclic) bond motifs is 3. The molecule has 0 spiro atoms. The number of hydrogen-bond donors (Lipinski definition) is 3. The summed E-state index contributed by atoms with van der Waals surface area (Å²) < 4.78 is 1.50. The van der Waals surface area contributed by atoms with Gasteiger partial charge in [-0.15, -0.1) is 0 Å². The van der Waals surface area contributed by atoms with E-state index in [1.807, 2.05) is 31.2 Å². The molecule has 0 aliphatic carbocycles. The molecule has 4 rings (SSSR count). The first-order valence-corrected chi connectivity index (χ1v) is 9.58. The molecule has 0 saturated carbocycles. The van der Waals surface area contributed by atoms with Crippen LogP contribution in [-0.2, 0) is 15.1 Å². The van der Waals surface area contributed by atoms with E-state index in [1.54, 1.807) is 6.20 Å². The highest BCUT2D eigenvalue weighted by Crippen LogP contribution is 2.44. The van der Waals surface area contributed by atoms with Gasteiger partial charge in [-0.1, -0.05) is 29.8 Å². The largest absolute Gasteiger partial charge is 0.367 e. The van der Waals surface area contributed by atoms with E-state index in [2.05, 4.69) is 5.32 Å². The van der Waals surface area contributed by atoms with Gasteiger partial charge in [-0.25, -0.2) is 0 Å². The van der Waals surface area contributed by atoms with Crippen LogP contribution in [0.3, 0.4) is 0 Å². The van der Waals surface area contributed by atoms with E-state index < -0.39 is 22.3 Å². The average Bonchev–Trinajstić information content (AvgIpc) is 3.12. The molecule has 5 N–H and O–H groups in total. The molecule has 10 heteroatoms. The molecule has 0 fully saturated rings. The Kier molecular flexibility index (Phi) is 4.58. The molecule has 2 heterocycles. The minimum Gasteiger partial charge on any atom is -0.367 e. The van der Waals surface area contributed by atoms with Gasteiger partial charge in [0.05, 0.1) is 16.2 Å². The number of nitrogens with one attached hydrogen (secondary N) is 1. The summed E-state index contributed by atoms with van der Waals surface area (Å²) in [7, 11) is 0. The molecule has 0 unspecified atom stereocenters. The lowest BCUT2D eigenvalue weighted by Crippen LogP contribution is -2.59. The van der Waals surface area contributed by atoms with Gasteiger partial charge in [0.1, 0.15) is 5.82 Å². The van der Waals surface area contributed by atoms with Crippen LogP contribution in [0.1, 0.15) is 28.4 Å². The van der Waals surface area contributed by atoms with Gasteiger partial charge in [0.25, 0.3) is 17.5 Å². The maximum atomic E-state index is 12.7. The summed E-state index contributed by atoms with van der Waals surface area (Å²) in [5.41, 5.74) is 11.4. The summed E-state index contributed by atoms with van der Waals surface area (Å²) in [4.78, 5) is 48.6.